The SMILES string of the molecule is BrCc1cnc(N2CCN(c3ccccn3)CC2)nc1. The highest BCUT2D eigenvalue weighted by molar-refractivity contribution is 9.08. The zero-order valence-electron chi connectivity index (χ0n) is 11.1. The largest absolute Gasteiger partial charge is 0.353 e. The highest BCUT2D eigenvalue weighted by Crippen LogP contribution is 2.16. The van der Waals surface area contributed by atoms with Crippen LogP contribution in [-0.2, 0) is 5.33 Å². The third kappa shape index (κ3) is 2.90. The van der Waals surface area contributed by atoms with Crippen molar-refractivity contribution in [3.63, 3.8) is 0 Å². The second-order valence-electron chi connectivity index (χ2n) is 4.69. The summed E-state index contributed by atoms with van der Waals surface area (Å²) in [5.74, 6) is 1.86. The van der Waals surface area contributed by atoms with Crippen molar-refractivity contribution >= 4 is 27.7 Å². The van der Waals surface area contributed by atoms with Crippen LogP contribution in [0.4, 0.5) is 11.8 Å². The molecule has 1 fully saturated rings. The van der Waals surface area contributed by atoms with Gasteiger partial charge in [-0.25, -0.2) is 15.0 Å². The Morgan fingerprint density at radius 2 is 1.65 bits per heavy atom. The molecule has 104 valence electrons. The molecule has 1 aliphatic heterocycles. The molecule has 5 nitrogen and oxygen atoms in total. The Morgan fingerprint density at radius 3 is 2.25 bits per heavy atom. The number of nitrogens with zero attached hydrogens (tertiary/aromatic N) is 5. The van der Waals surface area contributed by atoms with Crippen molar-refractivity contribution in [2.75, 3.05) is 36.0 Å². The lowest BCUT2D eigenvalue weighted by atomic mass is 10.3. The molecule has 2 aromatic rings. The zero-order valence-corrected chi connectivity index (χ0v) is 12.7. The van der Waals surface area contributed by atoms with Crippen LogP contribution in [0, 0.1) is 0 Å². The van der Waals surface area contributed by atoms with Crippen molar-refractivity contribution in [1.29, 1.82) is 0 Å². The normalized spacial score (nSPS) is 15.4. The molecular weight excluding hydrogens is 318 g/mol. The summed E-state index contributed by atoms with van der Waals surface area (Å²) in [6.45, 7) is 3.73. The average molecular weight is 334 g/mol. The minimum Gasteiger partial charge on any atom is -0.353 e. The van der Waals surface area contributed by atoms with Gasteiger partial charge in [-0.2, -0.15) is 0 Å². The van der Waals surface area contributed by atoms with Crippen molar-refractivity contribution in [2.24, 2.45) is 0 Å². The van der Waals surface area contributed by atoms with Gasteiger partial charge in [0.25, 0.3) is 0 Å². The number of anilines is 2. The minimum atomic E-state index is 0.792. The number of pyridine rings is 1. The number of hydrogen-bond acceptors (Lipinski definition) is 5. The molecule has 0 N–H and O–H groups in total. The third-order valence-electron chi connectivity index (χ3n) is 3.38. The first-order valence-corrected chi connectivity index (χ1v) is 7.77. The van der Waals surface area contributed by atoms with E-state index in [4.69, 9.17) is 0 Å². The van der Waals surface area contributed by atoms with E-state index >= 15 is 0 Å². The summed E-state index contributed by atoms with van der Waals surface area (Å²) in [5.41, 5.74) is 1.10. The molecule has 2 aromatic heterocycles. The maximum Gasteiger partial charge on any atom is 0.225 e. The monoisotopic (exact) mass is 333 g/mol. The van der Waals surface area contributed by atoms with Crippen LogP contribution in [0.15, 0.2) is 36.8 Å². The van der Waals surface area contributed by atoms with E-state index in [-0.39, 0.29) is 0 Å². The van der Waals surface area contributed by atoms with Gasteiger partial charge in [-0.15, -0.1) is 0 Å². The predicted molar refractivity (Wildman–Crippen MR) is 83.3 cm³/mol. The van der Waals surface area contributed by atoms with Gasteiger partial charge < -0.3 is 9.80 Å². The van der Waals surface area contributed by atoms with Crippen LogP contribution in [0.2, 0.25) is 0 Å². The fourth-order valence-corrected chi connectivity index (χ4v) is 2.55. The molecule has 0 aliphatic carbocycles. The summed E-state index contributed by atoms with van der Waals surface area (Å²) < 4.78 is 0. The molecular formula is C14H16BrN5. The molecule has 0 spiro atoms. The number of rotatable bonds is 3. The molecule has 20 heavy (non-hydrogen) atoms. The fourth-order valence-electron chi connectivity index (χ4n) is 2.26. The van der Waals surface area contributed by atoms with Crippen LogP contribution in [0.3, 0.4) is 0 Å². The Hall–Kier alpha value is -1.69. The Morgan fingerprint density at radius 1 is 0.950 bits per heavy atom. The Kier molecular flexibility index (Phi) is 4.11. The van der Waals surface area contributed by atoms with E-state index in [1.54, 1.807) is 0 Å². The van der Waals surface area contributed by atoms with E-state index in [1.165, 1.54) is 0 Å². The van der Waals surface area contributed by atoms with E-state index in [9.17, 15) is 0 Å². The molecule has 0 radical (unpaired) electrons. The molecule has 0 unspecified atom stereocenters. The van der Waals surface area contributed by atoms with Crippen LogP contribution >= 0.6 is 15.9 Å². The fraction of sp³-hybridized carbons (Fsp3) is 0.357. The van der Waals surface area contributed by atoms with Crippen LogP contribution in [0.25, 0.3) is 0 Å². The summed E-state index contributed by atoms with van der Waals surface area (Å²) in [6.07, 6.45) is 5.59. The molecule has 1 saturated heterocycles. The first kappa shape index (κ1) is 13.3. The molecule has 3 heterocycles. The zero-order chi connectivity index (χ0) is 13.8. The smallest absolute Gasteiger partial charge is 0.225 e. The van der Waals surface area contributed by atoms with Gasteiger partial charge in [0.2, 0.25) is 5.95 Å². The van der Waals surface area contributed by atoms with Gasteiger partial charge in [0.05, 0.1) is 0 Å². The molecule has 0 aromatic carbocycles. The van der Waals surface area contributed by atoms with Gasteiger partial charge >= 0.3 is 0 Å². The minimum absolute atomic E-state index is 0.792. The van der Waals surface area contributed by atoms with E-state index < -0.39 is 0 Å². The first-order valence-electron chi connectivity index (χ1n) is 6.64. The maximum atomic E-state index is 4.42. The topological polar surface area (TPSA) is 45.2 Å². The van der Waals surface area contributed by atoms with Gasteiger partial charge in [0, 0.05) is 50.1 Å². The van der Waals surface area contributed by atoms with Gasteiger partial charge in [0.1, 0.15) is 5.82 Å². The van der Waals surface area contributed by atoms with Crippen LogP contribution in [-0.4, -0.2) is 41.1 Å². The molecule has 6 heteroatoms. The molecule has 3 rings (SSSR count). The lowest BCUT2D eigenvalue weighted by Gasteiger charge is -2.35. The number of halogens is 1. The van der Waals surface area contributed by atoms with Gasteiger partial charge in [-0.1, -0.05) is 22.0 Å². The van der Waals surface area contributed by atoms with Crippen LogP contribution < -0.4 is 9.80 Å². The maximum absolute atomic E-state index is 4.42. The summed E-state index contributed by atoms with van der Waals surface area (Å²) >= 11 is 3.40. The molecule has 1 aliphatic rings. The van der Waals surface area contributed by atoms with E-state index in [1.807, 2.05) is 30.7 Å². The van der Waals surface area contributed by atoms with Crippen molar-refractivity contribution in [2.45, 2.75) is 5.33 Å². The van der Waals surface area contributed by atoms with Crippen LogP contribution in [0.1, 0.15) is 5.56 Å². The standard InChI is InChI=1S/C14H16BrN5/c15-9-12-10-17-14(18-11-12)20-7-5-19(6-8-20)13-3-1-2-4-16-13/h1-4,10-11H,5-9H2. The second kappa shape index (κ2) is 6.17. The Labute approximate surface area is 126 Å². The highest BCUT2D eigenvalue weighted by Gasteiger charge is 2.19. The number of alkyl halides is 1. The third-order valence-corrected chi connectivity index (χ3v) is 4.03. The Bertz CT molecular complexity index is 537. The van der Waals surface area contributed by atoms with Gasteiger partial charge in [-0.3, -0.25) is 0 Å². The summed E-state index contributed by atoms with van der Waals surface area (Å²) in [5, 5.41) is 0.792. The highest BCUT2D eigenvalue weighted by atomic mass is 79.9. The molecule has 0 amide bonds. The van der Waals surface area contributed by atoms with Crippen molar-refractivity contribution in [3.8, 4) is 0 Å². The second-order valence-corrected chi connectivity index (χ2v) is 5.25. The van der Waals surface area contributed by atoms with Gasteiger partial charge in [-0.05, 0) is 17.7 Å². The quantitative estimate of drug-likeness (QED) is 0.805. The average Bonchev–Trinajstić information content (AvgIpc) is 2.56. The van der Waals surface area contributed by atoms with Gasteiger partial charge in [0.15, 0.2) is 0 Å². The summed E-state index contributed by atoms with van der Waals surface area (Å²) in [4.78, 5) is 17.8. The number of aromatic nitrogens is 3. The van der Waals surface area contributed by atoms with Crippen LogP contribution in [0.5, 0.6) is 0 Å². The van der Waals surface area contributed by atoms with E-state index in [0.717, 1.165) is 48.8 Å². The molecule has 0 atom stereocenters. The summed E-state index contributed by atoms with van der Waals surface area (Å²) in [7, 11) is 0. The first-order chi connectivity index (χ1) is 9.86. The van der Waals surface area contributed by atoms with E-state index in [2.05, 4.69) is 46.7 Å². The van der Waals surface area contributed by atoms with Crippen molar-refractivity contribution in [1.82, 2.24) is 15.0 Å². The molecule has 0 saturated carbocycles. The van der Waals surface area contributed by atoms with E-state index in [0.29, 0.717) is 0 Å². The summed E-state index contributed by atoms with van der Waals surface area (Å²) in [6, 6.07) is 6.02. The van der Waals surface area contributed by atoms with Crippen molar-refractivity contribution < 1.29 is 0 Å². The lowest BCUT2D eigenvalue weighted by molar-refractivity contribution is 0.634. The number of piperazine rings is 1. The molecule has 0 bridgehead atoms. The van der Waals surface area contributed by atoms with Crippen molar-refractivity contribution in [3.05, 3.63) is 42.4 Å². The Balaban J connectivity index is 1.63. The lowest BCUT2D eigenvalue weighted by Crippen LogP contribution is -2.47. The number of hydrogen-bond donors (Lipinski definition) is 0. The predicted octanol–water partition coefficient (Wildman–Crippen LogP) is 2.09.